The van der Waals surface area contributed by atoms with E-state index < -0.39 is 35.8 Å². The van der Waals surface area contributed by atoms with Gasteiger partial charge in [0.25, 0.3) is 11.7 Å². The number of nitrogens with zero attached hydrogens (tertiary/aromatic N) is 2. The van der Waals surface area contributed by atoms with E-state index in [0.717, 1.165) is 11.0 Å². The number of amides is 2. The van der Waals surface area contributed by atoms with Crippen LogP contribution in [0.1, 0.15) is 24.2 Å². The van der Waals surface area contributed by atoms with Crippen molar-refractivity contribution in [3.05, 3.63) is 29.3 Å². The van der Waals surface area contributed by atoms with Crippen molar-refractivity contribution in [1.29, 1.82) is 0 Å². The number of Topliss-reactive ketones (excluding diaryl/α,β-unsaturated/α-hetero) is 1. The first kappa shape index (κ1) is 15.1. The number of ketones is 1. The molecule has 0 radical (unpaired) electrons. The first-order chi connectivity index (χ1) is 9.90. The molecule has 1 aliphatic heterocycles. The monoisotopic (exact) mass is 296 g/mol. The Morgan fingerprint density at radius 3 is 2.38 bits per heavy atom. The topological polar surface area (TPSA) is 57.7 Å². The Balaban J connectivity index is 2.38. The van der Waals surface area contributed by atoms with Crippen LogP contribution in [0.25, 0.3) is 0 Å². The molecule has 0 fully saturated rings. The lowest BCUT2D eigenvalue weighted by atomic mass is 10.1. The smallest absolute Gasteiger partial charge is 0.300 e. The van der Waals surface area contributed by atoms with E-state index in [2.05, 4.69) is 0 Å². The average molecular weight is 296 g/mol. The van der Waals surface area contributed by atoms with E-state index in [1.807, 2.05) is 0 Å². The van der Waals surface area contributed by atoms with E-state index in [-0.39, 0.29) is 11.3 Å². The number of hydrogen-bond donors (Lipinski definition) is 0. The summed E-state index contributed by atoms with van der Waals surface area (Å²) in [4.78, 5) is 37.9. The largest absolute Gasteiger partial charge is 0.342 e. The second-order valence-corrected chi connectivity index (χ2v) is 4.57. The maximum Gasteiger partial charge on any atom is 0.300 e. The van der Waals surface area contributed by atoms with Crippen molar-refractivity contribution in [2.24, 2.45) is 0 Å². The second kappa shape index (κ2) is 5.59. The summed E-state index contributed by atoms with van der Waals surface area (Å²) in [5.74, 6) is -4.40. The van der Waals surface area contributed by atoms with Crippen LogP contribution >= 0.6 is 0 Å². The molecule has 1 aromatic carbocycles. The van der Waals surface area contributed by atoms with Crippen LogP contribution in [0.3, 0.4) is 0 Å². The molecule has 0 N–H and O–H groups in total. The molecule has 0 bridgehead atoms. The molecule has 2 rings (SSSR count). The van der Waals surface area contributed by atoms with E-state index in [4.69, 9.17) is 0 Å². The Labute approximate surface area is 120 Å². The highest BCUT2D eigenvalue weighted by molar-refractivity contribution is 6.52. The zero-order valence-corrected chi connectivity index (χ0v) is 11.7. The second-order valence-electron chi connectivity index (χ2n) is 4.57. The first-order valence-electron chi connectivity index (χ1n) is 6.53. The van der Waals surface area contributed by atoms with Gasteiger partial charge in [0.2, 0.25) is 5.91 Å². The average Bonchev–Trinajstić information content (AvgIpc) is 2.65. The molecule has 1 aliphatic rings. The summed E-state index contributed by atoms with van der Waals surface area (Å²) in [6.45, 7) is 3.96. The molecule has 0 aliphatic carbocycles. The molecule has 0 atom stereocenters. The van der Waals surface area contributed by atoms with Crippen LogP contribution in [-0.2, 0) is 9.59 Å². The molecule has 5 nitrogen and oxygen atoms in total. The van der Waals surface area contributed by atoms with Gasteiger partial charge in [-0.05, 0) is 19.9 Å². The molecular weight excluding hydrogens is 282 g/mol. The van der Waals surface area contributed by atoms with E-state index in [1.165, 1.54) is 4.90 Å². The molecule has 1 heterocycles. The number of halogens is 2. The molecule has 1 aromatic rings. The van der Waals surface area contributed by atoms with Crippen LogP contribution in [0.5, 0.6) is 0 Å². The van der Waals surface area contributed by atoms with Crippen LogP contribution in [0.4, 0.5) is 14.5 Å². The quantitative estimate of drug-likeness (QED) is 0.788. The minimum Gasteiger partial charge on any atom is -0.342 e. The van der Waals surface area contributed by atoms with Crippen molar-refractivity contribution < 1.29 is 23.2 Å². The summed E-state index contributed by atoms with van der Waals surface area (Å²) in [7, 11) is 0. The zero-order chi connectivity index (χ0) is 15.7. The van der Waals surface area contributed by atoms with Crippen molar-refractivity contribution in [2.45, 2.75) is 13.8 Å². The number of carbonyl (C=O) groups excluding carboxylic acids is 3. The lowest BCUT2D eigenvalue weighted by molar-refractivity contribution is -0.130. The van der Waals surface area contributed by atoms with Gasteiger partial charge in [-0.25, -0.2) is 8.78 Å². The van der Waals surface area contributed by atoms with Crippen LogP contribution < -0.4 is 4.90 Å². The molecule has 0 saturated heterocycles. The first-order valence-corrected chi connectivity index (χ1v) is 6.53. The van der Waals surface area contributed by atoms with Gasteiger partial charge in [-0.2, -0.15) is 0 Å². The van der Waals surface area contributed by atoms with Gasteiger partial charge >= 0.3 is 0 Å². The predicted octanol–water partition coefficient (Wildman–Crippen LogP) is 1.36. The Hall–Kier alpha value is -2.31. The number of anilines is 1. The Morgan fingerprint density at radius 2 is 1.81 bits per heavy atom. The molecule has 0 unspecified atom stereocenters. The third kappa shape index (κ3) is 2.51. The third-order valence-electron chi connectivity index (χ3n) is 3.39. The Bertz CT molecular complexity index is 627. The standard InChI is InChI=1S/C14H14F2N2O3/c1-3-17(4-2)11(19)7-18-12-9(13(20)14(18)21)5-8(15)6-10(12)16/h5-6H,3-4,7H2,1-2H3. The van der Waals surface area contributed by atoms with E-state index in [1.54, 1.807) is 13.8 Å². The van der Waals surface area contributed by atoms with Crippen LogP contribution in [0.15, 0.2) is 12.1 Å². The third-order valence-corrected chi connectivity index (χ3v) is 3.39. The van der Waals surface area contributed by atoms with Crippen molar-refractivity contribution in [3.8, 4) is 0 Å². The molecule has 0 saturated carbocycles. The van der Waals surface area contributed by atoms with Gasteiger partial charge in [0, 0.05) is 19.2 Å². The van der Waals surface area contributed by atoms with Gasteiger partial charge in [-0.1, -0.05) is 0 Å². The number of fused-ring (bicyclic) bond motifs is 1. The molecule has 112 valence electrons. The van der Waals surface area contributed by atoms with E-state index >= 15 is 0 Å². The van der Waals surface area contributed by atoms with Gasteiger partial charge in [-0.15, -0.1) is 0 Å². The van der Waals surface area contributed by atoms with E-state index in [9.17, 15) is 23.2 Å². The van der Waals surface area contributed by atoms with Gasteiger partial charge in [0.05, 0.1) is 11.3 Å². The molecule has 7 heteroatoms. The minimum atomic E-state index is -1.03. The number of likely N-dealkylation sites (N-methyl/N-ethyl adjacent to an activating group) is 1. The van der Waals surface area contributed by atoms with Crippen LogP contribution in [0, 0.1) is 11.6 Å². The van der Waals surface area contributed by atoms with Crippen molar-refractivity contribution in [3.63, 3.8) is 0 Å². The highest BCUT2D eigenvalue weighted by Crippen LogP contribution is 2.32. The van der Waals surface area contributed by atoms with Gasteiger partial charge in [-0.3, -0.25) is 19.3 Å². The fourth-order valence-electron chi connectivity index (χ4n) is 2.32. The minimum absolute atomic E-state index is 0.327. The van der Waals surface area contributed by atoms with Crippen molar-refractivity contribution in [2.75, 3.05) is 24.5 Å². The molecule has 2 amide bonds. The number of benzene rings is 1. The maximum atomic E-state index is 13.9. The van der Waals surface area contributed by atoms with Gasteiger partial charge in [0.1, 0.15) is 12.4 Å². The van der Waals surface area contributed by atoms with Gasteiger partial charge in [0.15, 0.2) is 5.82 Å². The summed E-state index contributed by atoms with van der Waals surface area (Å²) in [5, 5.41) is 0. The maximum absolute atomic E-state index is 13.9. The van der Waals surface area contributed by atoms with E-state index in [0.29, 0.717) is 19.2 Å². The molecule has 0 aromatic heterocycles. The lowest BCUT2D eigenvalue weighted by Gasteiger charge is -2.23. The van der Waals surface area contributed by atoms with Gasteiger partial charge < -0.3 is 4.90 Å². The summed E-state index contributed by atoms with van der Waals surface area (Å²) in [6.07, 6.45) is 0. The summed E-state index contributed by atoms with van der Waals surface area (Å²) in [5.41, 5.74) is -0.670. The number of carbonyl (C=O) groups is 3. The Kier molecular flexibility index (Phi) is 4.02. The molecule has 0 spiro atoms. The zero-order valence-electron chi connectivity index (χ0n) is 11.7. The summed E-state index contributed by atoms with van der Waals surface area (Å²) >= 11 is 0. The predicted molar refractivity (Wildman–Crippen MR) is 71.0 cm³/mol. The summed E-state index contributed by atoms with van der Waals surface area (Å²) in [6, 6.07) is 1.39. The number of rotatable bonds is 4. The van der Waals surface area contributed by atoms with Crippen LogP contribution in [0.2, 0.25) is 0 Å². The molecular formula is C14H14F2N2O3. The van der Waals surface area contributed by atoms with Crippen molar-refractivity contribution in [1.82, 2.24) is 4.90 Å². The van der Waals surface area contributed by atoms with Crippen molar-refractivity contribution >= 4 is 23.3 Å². The van der Waals surface area contributed by atoms with Crippen LogP contribution in [-0.4, -0.2) is 42.1 Å². The SMILES string of the molecule is CCN(CC)C(=O)CN1C(=O)C(=O)c2cc(F)cc(F)c21. The summed E-state index contributed by atoms with van der Waals surface area (Å²) < 4.78 is 27.0. The normalized spacial score (nSPS) is 13.6. The highest BCUT2D eigenvalue weighted by Gasteiger charge is 2.40. The lowest BCUT2D eigenvalue weighted by Crippen LogP contribution is -2.42. The number of hydrogen-bond acceptors (Lipinski definition) is 3. The fraction of sp³-hybridized carbons (Fsp3) is 0.357. The Morgan fingerprint density at radius 1 is 1.19 bits per heavy atom. The molecule has 21 heavy (non-hydrogen) atoms. The fourth-order valence-corrected chi connectivity index (χ4v) is 2.32. The highest BCUT2D eigenvalue weighted by atomic mass is 19.1.